The van der Waals surface area contributed by atoms with Gasteiger partial charge in [0.1, 0.15) is 0 Å². The van der Waals surface area contributed by atoms with Gasteiger partial charge >= 0.3 is 0 Å². The number of Topliss-reactive ketones (excluding diaryl/α,β-unsaturated/α-hetero) is 1. The summed E-state index contributed by atoms with van der Waals surface area (Å²) in [4.78, 5) is 14.0. The lowest BCUT2D eigenvalue weighted by atomic mass is 10.1. The lowest BCUT2D eigenvalue weighted by Crippen LogP contribution is -2.45. The smallest absolute Gasteiger partial charge is 0.179 e. The second kappa shape index (κ2) is 6.10. The highest BCUT2D eigenvalue weighted by atomic mass is 79.9. The number of halogens is 3. The van der Waals surface area contributed by atoms with Crippen LogP contribution in [0.25, 0.3) is 0 Å². The Bertz CT molecular complexity index is 464. The van der Waals surface area contributed by atoms with Crippen LogP contribution in [-0.4, -0.2) is 43.4 Å². The van der Waals surface area contributed by atoms with Crippen molar-refractivity contribution in [2.24, 2.45) is 0 Å². The zero-order chi connectivity index (χ0) is 13.1. The first-order chi connectivity index (χ1) is 8.59. The number of nitrogens with zero attached hydrogens (tertiary/aromatic N) is 1. The van der Waals surface area contributed by atoms with Gasteiger partial charge in [0.25, 0.3) is 0 Å². The molecule has 98 valence electrons. The summed E-state index contributed by atoms with van der Waals surface area (Å²) in [6.45, 7) is 3.56. The van der Waals surface area contributed by atoms with Crippen LogP contribution in [0.2, 0.25) is 5.02 Å². The Morgan fingerprint density at radius 3 is 2.78 bits per heavy atom. The van der Waals surface area contributed by atoms with Gasteiger partial charge in [-0.1, -0.05) is 11.6 Å². The summed E-state index contributed by atoms with van der Waals surface area (Å²) in [5.74, 6) is -0.880. The third-order valence-electron chi connectivity index (χ3n) is 2.91. The van der Waals surface area contributed by atoms with E-state index >= 15 is 0 Å². The molecule has 0 atom stereocenters. The van der Waals surface area contributed by atoms with Crippen LogP contribution in [0.3, 0.4) is 0 Å². The maximum Gasteiger partial charge on any atom is 0.179 e. The molecule has 6 heteroatoms. The molecular weight excluding hydrogens is 322 g/mol. The molecule has 0 bridgehead atoms. The van der Waals surface area contributed by atoms with E-state index in [1.807, 2.05) is 4.90 Å². The molecule has 1 aromatic carbocycles. The first-order valence-corrected chi connectivity index (χ1v) is 6.86. The van der Waals surface area contributed by atoms with E-state index in [9.17, 15) is 9.18 Å². The summed E-state index contributed by atoms with van der Waals surface area (Å²) in [6.07, 6.45) is 0. The van der Waals surface area contributed by atoms with Crippen molar-refractivity contribution in [1.82, 2.24) is 10.2 Å². The normalized spacial score (nSPS) is 16.8. The fourth-order valence-corrected chi connectivity index (χ4v) is 2.37. The van der Waals surface area contributed by atoms with Crippen molar-refractivity contribution >= 4 is 33.3 Å². The van der Waals surface area contributed by atoms with Crippen LogP contribution in [0.4, 0.5) is 4.39 Å². The number of carbonyl (C=O) groups excluding carboxylic acids is 1. The Labute approximate surface area is 118 Å². The molecule has 1 aromatic rings. The van der Waals surface area contributed by atoms with Crippen molar-refractivity contribution < 1.29 is 9.18 Å². The molecule has 0 unspecified atom stereocenters. The zero-order valence-corrected chi connectivity index (χ0v) is 12.0. The van der Waals surface area contributed by atoms with Crippen molar-refractivity contribution in [3.63, 3.8) is 0 Å². The monoisotopic (exact) mass is 334 g/mol. The molecule has 2 rings (SSSR count). The third kappa shape index (κ3) is 3.09. The van der Waals surface area contributed by atoms with E-state index in [0.717, 1.165) is 26.2 Å². The minimum absolute atomic E-state index is 0.0406. The summed E-state index contributed by atoms with van der Waals surface area (Å²) in [7, 11) is 0. The first-order valence-electron chi connectivity index (χ1n) is 5.69. The Hall–Kier alpha value is -0.490. The summed E-state index contributed by atoms with van der Waals surface area (Å²) < 4.78 is 14.3. The molecule has 1 fully saturated rings. The zero-order valence-electron chi connectivity index (χ0n) is 9.68. The van der Waals surface area contributed by atoms with Gasteiger partial charge < -0.3 is 5.32 Å². The molecule has 1 heterocycles. The van der Waals surface area contributed by atoms with Gasteiger partial charge in [0.15, 0.2) is 11.6 Å². The van der Waals surface area contributed by atoms with Gasteiger partial charge in [-0.3, -0.25) is 9.69 Å². The summed E-state index contributed by atoms with van der Waals surface area (Å²) in [5.41, 5.74) is 0.0572. The molecule has 0 radical (unpaired) electrons. The number of hydrogen-bond acceptors (Lipinski definition) is 3. The van der Waals surface area contributed by atoms with Gasteiger partial charge in [-0.2, -0.15) is 0 Å². The van der Waals surface area contributed by atoms with Crippen molar-refractivity contribution in [3.8, 4) is 0 Å². The average molecular weight is 336 g/mol. The molecule has 1 N–H and O–H groups in total. The van der Waals surface area contributed by atoms with Crippen LogP contribution < -0.4 is 5.32 Å². The molecule has 1 aliphatic heterocycles. The minimum Gasteiger partial charge on any atom is -0.314 e. The predicted octanol–water partition coefficient (Wildman–Crippen LogP) is 2.33. The summed E-state index contributed by atoms with van der Waals surface area (Å²) in [5, 5.41) is 3.16. The molecule has 0 spiro atoms. The van der Waals surface area contributed by atoms with E-state index in [4.69, 9.17) is 11.6 Å². The molecule has 0 aromatic heterocycles. The van der Waals surface area contributed by atoms with Crippen molar-refractivity contribution in [1.29, 1.82) is 0 Å². The van der Waals surface area contributed by atoms with E-state index < -0.39 is 5.82 Å². The third-order valence-corrected chi connectivity index (χ3v) is 4.17. The largest absolute Gasteiger partial charge is 0.314 e. The molecule has 3 nitrogen and oxygen atoms in total. The van der Waals surface area contributed by atoms with Crippen molar-refractivity contribution in [2.45, 2.75) is 0 Å². The topological polar surface area (TPSA) is 32.3 Å². The fraction of sp³-hybridized carbons (Fsp3) is 0.417. The van der Waals surface area contributed by atoms with Gasteiger partial charge in [0.2, 0.25) is 0 Å². The van der Waals surface area contributed by atoms with Crippen molar-refractivity contribution in [3.05, 3.63) is 33.0 Å². The molecule has 0 amide bonds. The van der Waals surface area contributed by atoms with E-state index in [1.165, 1.54) is 6.07 Å². The van der Waals surface area contributed by atoms with Crippen LogP contribution in [0.1, 0.15) is 10.4 Å². The van der Waals surface area contributed by atoms with E-state index in [-0.39, 0.29) is 22.9 Å². The predicted molar refractivity (Wildman–Crippen MR) is 72.8 cm³/mol. The summed E-state index contributed by atoms with van der Waals surface area (Å²) >= 11 is 8.90. The maximum atomic E-state index is 13.9. The SMILES string of the molecule is O=C(CN1CCNCC1)c1ccc(Br)c(Cl)c1F. The lowest BCUT2D eigenvalue weighted by molar-refractivity contribution is 0.0917. The second-order valence-corrected chi connectivity index (χ2v) is 5.40. The Kier molecular flexibility index (Phi) is 4.72. The van der Waals surface area contributed by atoms with Gasteiger partial charge in [-0.25, -0.2) is 4.39 Å². The van der Waals surface area contributed by atoms with Crippen LogP contribution in [0.15, 0.2) is 16.6 Å². The number of rotatable bonds is 3. The maximum absolute atomic E-state index is 13.9. The van der Waals surface area contributed by atoms with Gasteiger partial charge in [-0.15, -0.1) is 0 Å². The molecule has 1 saturated heterocycles. The average Bonchev–Trinajstić information content (AvgIpc) is 2.37. The Morgan fingerprint density at radius 2 is 2.11 bits per heavy atom. The van der Waals surface area contributed by atoms with Crippen LogP contribution in [0, 0.1) is 5.82 Å². The number of carbonyl (C=O) groups is 1. The Morgan fingerprint density at radius 1 is 1.44 bits per heavy atom. The first kappa shape index (κ1) is 13.9. The van der Waals surface area contributed by atoms with Crippen LogP contribution in [0.5, 0.6) is 0 Å². The molecule has 18 heavy (non-hydrogen) atoms. The molecule has 0 aliphatic carbocycles. The van der Waals surface area contributed by atoms with Crippen molar-refractivity contribution in [2.75, 3.05) is 32.7 Å². The van der Waals surface area contributed by atoms with Crippen LogP contribution in [-0.2, 0) is 0 Å². The standard InChI is InChI=1S/C12H13BrClFN2O/c13-9-2-1-8(12(15)11(9)14)10(18)7-17-5-3-16-4-6-17/h1-2,16H,3-7H2. The van der Waals surface area contributed by atoms with Crippen LogP contribution >= 0.6 is 27.5 Å². The lowest BCUT2D eigenvalue weighted by Gasteiger charge is -2.26. The minimum atomic E-state index is -0.647. The Balaban J connectivity index is 2.11. The second-order valence-electron chi connectivity index (χ2n) is 4.17. The van der Waals surface area contributed by atoms with E-state index in [2.05, 4.69) is 21.2 Å². The van der Waals surface area contributed by atoms with E-state index in [0.29, 0.717) is 4.47 Å². The number of nitrogens with one attached hydrogen (secondary N) is 1. The molecule has 1 aliphatic rings. The number of piperazine rings is 1. The number of hydrogen-bond donors (Lipinski definition) is 1. The highest BCUT2D eigenvalue weighted by molar-refractivity contribution is 9.10. The van der Waals surface area contributed by atoms with Gasteiger partial charge in [-0.05, 0) is 28.1 Å². The van der Waals surface area contributed by atoms with E-state index in [1.54, 1.807) is 6.07 Å². The molecule has 0 saturated carbocycles. The number of benzene rings is 1. The fourth-order valence-electron chi connectivity index (χ4n) is 1.90. The number of ketones is 1. The molecular formula is C12H13BrClFN2O. The summed E-state index contributed by atoms with van der Waals surface area (Å²) in [6, 6.07) is 3.06. The highest BCUT2D eigenvalue weighted by Gasteiger charge is 2.19. The quantitative estimate of drug-likeness (QED) is 0.680. The van der Waals surface area contributed by atoms with Gasteiger partial charge in [0, 0.05) is 30.7 Å². The van der Waals surface area contributed by atoms with Gasteiger partial charge in [0.05, 0.1) is 17.1 Å². The highest BCUT2D eigenvalue weighted by Crippen LogP contribution is 2.27.